The highest BCUT2D eigenvalue weighted by Gasteiger charge is 2.17. The zero-order chi connectivity index (χ0) is 20.7. The summed E-state index contributed by atoms with van der Waals surface area (Å²) in [6, 6.07) is 9.01. The van der Waals surface area contributed by atoms with Gasteiger partial charge < -0.3 is 9.73 Å². The Morgan fingerprint density at radius 3 is 2.69 bits per heavy atom. The van der Waals surface area contributed by atoms with Gasteiger partial charge in [-0.15, -0.1) is 5.10 Å². The van der Waals surface area contributed by atoms with E-state index >= 15 is 0 Å². The van der Waals surface area contributed by atoms with Crippen LogP contribution in [0.5, 0.6) is 0 Å². The third kappa shape index (κ3) is 3.50. The molecule has 1 amide bonds. The van der Waals surface area contributed by atoms with Crippen LogP contribution in [0.3, 0.4) is 0 Å². The summed E-state index contributed by atoms with van der Waals surface area (Å²) >= 11 is 6.08. The van der Waals surface area contributed by atoms with E-state index in [4.69, 9.17) is 16.0 Å². The zero-order valence-electron chi connectivity index (χ0n) is 15.4. The van der Waals surface area contributed by atoms with Crippen LogP contribution in [-0.4, -0.2) is 20.7 Å². The monoisotopic (exact) mass is 412 g/mol. The number of pyridine rings is 1. The molecule has 2 aromatic carbocycles. The summed E-state index contributed by atoms with van der Waals surface area (Å²) in [4.78, 5) is 28.6. The summed E-state index contributed by atoms with van der Waals surface area (Å²) in [5, 5.41) is 8.59. The highest BCUT2D eigenvalue weighted by atomic mass is 35.5. The first-order valence-electron chi connectivity index (χ1n) is 8.56. The van der Waals surface area contributed by atoms with Crippen molar-refractivity contribution in [2.45, 2.75) is 13.8 Å². The third-order valence-corrected chi connectivity index (χ3v) is 4.57. The number of aromatic nitrogens is 3. The maximum Gasteiger partial charge on any atom is 0.441 e. The van der Waals surface area contributed by atoms with E-state index in [-0.39, 0.29) is 17.1 Å². The van der Waals surface area contributed by atoms with E-state index in [1.54, 1.807) is 18.2 Å². The van der Waals surface area contributed by atoms with Gasteiger partial charge in [0.1, 0.15) is 11.6 Å². The molecule has 0 radical (unpaired) electrons. The van der Waals surface area contributed by atoms with Gasteiger partial charge in [0.15, 0.2) is 0 Å². The molecule has 29 heavy (non-hydrogen) atoms. The van der Waals surface area contributed by atoms with E-state index in [1.807, 2.05) is 6.92 Å². The first-order valence-corrected chi connectivity index (χ1v) is 8.94. The molecule has 0 fully saturated rings. The molecule has 2 aromatic heterocycles. The van der Waals surface area contributed by atoms with Crippen molar-refractivity contribution < 1.29 is 13.6 Å². The van der Waals surface area contributed by atoms with Gasteiger partial charge in [0, 0.05) is 29.6 Å². The zero-order valence-corrected chi connectivity index (χ0v) is 16.1. The van der Waals surface area contributed by atoms with Crippen LogP contribution in [0.15, 0.2) is 51.8 Å². The third-order valence-electron chi connectivity index (χ3n) is 4.35. The second-order valence-corrected chi connectivity index (χ2v) is 6.83. The average molecular weight is 413 g/mol. The first-order chi connectivity index (χ1) is 13.8. The average Bonchev–Trinajstić information content (AvgIpc) is 2.99. The van der Waals surface area contributed by atoms with Crippen molar-refractivity contribution in [3.63, 3.8) is 0 Å². The number of benzene rings is 2. The Kier molecular flexibility index (Phi) is 4.63. The molecular weight excluding hydrogens is 399 g/mol. The van der Waals surface area contributed by atoms with Crippen molar-refractivity contribution in [2.75, 3.05) is 5.32 Å². The first kappa shape index (κ1) is 18.8. The topological polar surface area (TPSA) is 90.0 Å². The number of carbonyl (C=O) groups is 1. The minimum atomic E-state index is -0.812. The molecule has 0 aliphatic rings. The highest BCUT2D eigenvalue weighted by Crippen LogP contribution is 2.28. The van der Waals surface area contributed by atoms with Gasteiger partial charge in [0.25, 0.3) is 5.91 Å². The standard InChI is InChI=1S/C20H14ClFN4O3/c1-10-7-13(21)8-12-5-6-23-18(17(10)12)24-19(27)15-4-3-14(9-16(15)22)26-20(28)29-11(2)25-26/h3-9H,1-2H3,(H,23,24,27). The summed E-state index contributed by atoms with van der Waals surface area (Å²) in [5.41, 5.74) is 0.773. The van der Waals surface area contributed by atoms with Gasteiger partial charge in [-0.3, -0.25) is 4.79 Å². The van der Waals surface area contributed by atoms with Gasteiger partial charge in [-0.25, -0.2) is 14.2 Å². The van der Waals surface area contributed by atoms with Crippen molar-refractivity contribution in [2.24, 2.45) is 0 Å². The Morgan fingerprint density at radius 1 is 1.21 bits per heavy atom. The summed E-state index contributed by atoms with van der Waals surface area (Å²) < 4.78 is 20.3. The van der Waals surface area contributed by atoms with E-state index in [0.29, 0.717) is 16.2 Å². The molecule has 1 N–H and O–H groups in total. The maximum atomic E-state index is 14.6. The lowest BCUT2D eigenvalue weighted by molar-refractivity contribution is 0.102. The minimum absolute atomic E-state index is 0.148. The van der Waals surface area contributed by atoms with Crippen LogP contribution in [0.2, 0.25) is 5.02 Å². The molecule has 0 aliphatic heterocycles. The van der Waals surface area contributed by atoms with Crippen LogP contribution >= 0.6 is 11.6 Å². The smallest absolute Gasteiger partial charge is 0.392 e. The normalized spacial score (nSPS) is 11.0. The van der Waals surface area contributed by atoms with Gasteiger partial charge in [0.05, 0.1) is 11.3 Å². The number of hydrogen-bond acceptors (Lipinski definition) is 5. The summed E-state index contributed by atoms with van der Waals surface area (Å²) in [6.07, 6.45) is 1.53. The van der Waals surface area contributed by atoms with Crippen LogP contribution in [0, 0.1) is 19.7 Å². The van der Waals surface area contributed by atoms with Gasteiger partial charge in [-0.2, -0.15) is 4.68 Å². The molecular formula is C20H14ClFN4O3. The molecule has 4 rings (SSSR count). The van der Waals surface area contributed by atoms with Crippen molar-refractivity contribution in [3.8, 4) is 5.69 Å². The van der Waals surface area contributed by atoms with E-state index in [1.165, 1.54) is 25.3 Å². The molecule has 0 spiro atoms. The number of halogens is 2. The molecule has 0 bridgehead atoms. The molecule has 2 heterocycles. The molecule has 0 unspecified atom stereocenters. The van der Waals surface area contributed by atoms with E-state index in [9.17, 15) is 14.0 Å². The van der Waals surface area contributed by atoms with Gasteiger partial charge in [-0.1, -0.05) is 11.6 Å². The molecule has 0 aliphatic carbocycles. The van der Waals surface area contributed by atoms with Crippen molar-refractivity contribution in [1.29, 1.82) is 0 Å². The molecule has 0 saturated carbocycles. The second-order valence-electron chi connectivity index (χ2n) is 6.40. The molecule has 0 saturated heterocycles. The van der Waals surface area contributed by atoms with Gasteiger partial charge in [0.2, 0.25) is 5.89 Å². The number of aryl methyl sites for hydroxylation is 2. The van der Waals surface area contributed by atoms with E-state index in [0.717, 1.165) is 21.7 Å². The van der Waals surface area contributed by atoms with E-state index < -0.39 is 17.5 Å². The van der Waals surface area contributed by atoms with Crippen molar-refractivity contribution >= 4 is 34.1 Å². The lowest BCUT2D eigenvalue weighted by atomic mass is 10.1. The summed E-state index contributed by atoms with van der Waals surface area (Å²) in [7, 11) is 0. The van der Waals surface area contributed by atoms with Crippen molar-refractivity contribution in [3.05, 3.63) is 81.0 Å². The Bertz CT molecular complexity index is 1330. The largest absolute Gasteiger partial charge is 0.441 e. The molecule has 7 nitrogen and oxygen atoms in total. The fraction of sp³-hybridized carbons (Fsp3) is 0.100. The molecule has 4 aromatic rings. The molecule has 0 atom stereocenters. The summed E-state index contributed by atoms with van der Waals surface area (Å²) in [5.74, 6) is -1.78. The quantitative estimate of drug-likeness (QED) is 0.548. The summed E-state index contributed by atoms with van der Waals surface area (Å²) in [6.45, 7) is 3.35. The number of rotatable bonds is 3. The fourth-order valence-electron chi connectivity index (χ4n) is 3.10. The number of amides is 1. The number of fused-ring (bicyclic) bond motifs is 1. The van der Waals surface area contributed by atoms with Crippen LogP contribution in [0.25, 0.3) is 16.5 Å². The number of carbonyl (C=O) groups excluding carboxylic acids is 1. The molecule has 146 valence electrons. The number of nitrogens with one attached hydrogen (secondary N) is 1. The molecule has 9 heteroatoms. The highest BCUT2D eigenvalue weighted by molar-refractivity contribution is 6.31. The van der Waals surface area contributed by atoms with Crippen LogP contribution in [-0.2, 0) is 0 Å². The van der Waals surface area contributed by atoms with Crippen LogP contribution < -0.4 is 11.1 Å². The predicted octanol–water partition coefficient (Wildman–Crippen LogP) is 4.04. The predicted molar refractivity (Wildman–Crippen MR) is 106 cm³/mol. The Labute approximate surface area is 168 Å². The maximum absolute atomic E-state index is 14.6. The SMILES string of the molecule is Cc1nn(-c2ccc(C(=O)Nc3nccc4cc(Cl)cc(C)c34)c(F)c2)c(=O)o1. The lowest BCUT2D eigenvalue weighted by Crippen LogP contribution is -2.17. The van der Waals surface area contributed by atoms with Crippen LogP contribution in [0.1, 0.15) is 21.8 Å². The van der Waals surface area contributed by atoms with Gasteiger partial charge >= 0.3 is 5.76 Å². The Morgan fingerprint density at radius 2 is 2.00 bits per heavy atom. The second kappa shape index (κ2) is 7.14. The lowest BCUT2D eigenvalue weighted by Gasteiger charge is -2.11. The van der Waals surface area contributed by atoms with Crippen molar-refractivity contribution in [1.82, 2.24) is 14.8 Å². The fourth-order valence-corrected chi connectivity index (χ4v) is 3.39. The Balaban J connectivity index is 1.69. The number of anilines is 1. The minimum Gasteiger partial charge on any atom is -0.392 e. The van der Waals surface area contributed by atoms with Gasteiger partial charge in [-0.05, 0) is 48.2 Å². The van der Waals surface area contributed by atoms with E-state index in [2.05, 4.69) is 15.4 Å². The Hall–Kier alpha value is -3.52. The van der Waals surface area contributed by atoms with Crippen LogP contribution in [0.4, 0.5) is 10.2 Å². The number of nitrogens with zero attached hydrogens (tertiary/aromatic N) is 3. The number of hydrogen-bond donors (Lipinski definition) is 1.